The molecule has 0 spiro atoms. The predicted octanol–water partition coefficient (Wildman–Crippen LogP) is 3.21. The van der Waals surface area contributed by atoms with Crippen molar-refractivity contribution in [3.05, 3.63) is 71.8 Å². The van der Waals surface area contributed by atoms with Crippen molar-refractivity contribution in [1.82, 2.24) is 4.90 Å². The van der Waals surface area contributed by atoms with Crippen LogP contribution in [0.15, 0.2) is 60.7 Å². The molecular formula is C19H19NO3. The van der Waals surface area contributed by atoms with E-state index in [0.29, 0.717) is 19.3 Å². The number of ether oxygens (including phenoxy) is 1. The second-order valence-corrected chi connectivity index (χ2v) is 5.67. The van der Waals surface area contributed by atoms with Gasteiger partial charge in [0.05, 0.1) is 6.04 Å². The van der Waals surface area contributed by atoms with Crippen molar-refractivity contribution in [3.63, 3.8) is 0 Å². The van der Waals surface area contributed by atoms with Crippen molar-refractivity contribution in [2.24, 2.45) is 0 Å². The summed E-state index contributed by atoms with van der Waals surface area (Å²) in [6, 6.07) is 19.4. The Labute approximate surface area is 135 Å². The lowest BCUT2D eigenvalue weighted by atomic mass is 10.0. The Morgan fingerprint density at radius 1 is 1.00 bits per heavy atom. The van der Waals surface area contributed by atoms with Crippen LogP contribution in [0.1, 0.15) is 17.5 Å². The molecule has 4 heteroatoms. The minimum absolute atomic E-state index is 0.169. The number of nitrogens with zero attached hydrogens (tertiary/aromatic N) is 1. The van der Waals surface area contributed by atoms with Crippen molar-refractivity contribution in [2.75, 3.05) is 6.61 Å². The van der Waals surface area contributed by atoms with Crippen molar-refractivity contribution >= 4 is 12.0 Å². The van der Waals surface area contributed by atoms with E-state index in [0.717, 1.165) is 11.1 Å². The summed E-state index contributed by atoms with van der Waals surface area (Å²) < 4.78 is 5.09. The monoisotopic (exact) mass is 309 g/mol. The number of cyclic esters (lactones) is 1. The van der Waals surface area contributed by atoms with Gasteiger partial charge in [-0.2, -0.15) is 0 Å². The van der Waals surface area contributed by atoms with Crippen LogP contribution in [-0.4, -0.2) is 29.5 Å². The zero-order valence-corrected chi connectivity index (χ0v) is 12.9. The quantitative estimate of drug-likeness (QED) is 0.852. The highest BCUT2D eigenvalue weighted by Crippen LogP contribution is 2.19. The van der Waals surface area contributed by atoms with Crippen LogP contribution in [0.3, 0.4) is 0 Å². The van der Waals surface area contributed by atoms with Gasteiger partial charge >= 0.3 is 6.09 Å². The third-order valence-electron chi connectivity index (χ3n) is 4.01. The molecular weight excluding hydrogens is 290 g/mol. The van der Waals surface area contributed by atoms with Crippen LogP contribution in [0.2, 0.25) is 0 Å². The van der Waals surface area contributed by atoms with E-state index in [-0.39, 0.29) is 18.6 Å². The van der Waals surface area contributed by atoms with E-state index >= 15 is 0 Å². The molecule has 2 amide bonds. The molecule has 1 atom stereocenters. The zero-order valence-electron chi connectivity index (χ0n) is 12.9. The summed E-state index contributed by atoms with van der Waals surface area (Å²) in [7, 11) is 0. The molecule has 1 aliphatic rings. The maximum absolute atomic E-state index is 12.5. The largest absolute Gasteiger partial charge is 0.447 e. The first-order chi connectivity index (χ1) is 11.2. The number of imide groups is 1. The van der Waals surface area contributed by atoms with Gasteiger partial charge < -0.3 is 4.74 Å². The predicted molar refractivity (Wildman–Crippen MR) is 86.9 cm³/mol. The van der Waals surface area contributed by atoms with E-state index in [1.165, 1.54) is 4.90 Å². The molecule has 118 valence electrons. The summed E-state index contributed by atoms with van der Waals surface area (Å²) in [5.41, 5.74) is 2.18. The van der Waals surface area contributed by atoms with Gasteiger partial charge in [-0.15, -0.1) is 0 Å². The number of aryl methyl sites for hydroxylation is 1. The second kappa shape index (κ2) is 7.09. The molecule has 0 radical (unpaired) electrons. The van der Waals surface area contributed by atoms with Gasteiger partial charge in [0.15, 0.2) is 0 Å². The molecule has 0 bridgehead atoms. The van der Waals surface area contributed by atoms with Crippen molar-refractivity contribution in [2.45, 2.75) is 25.3 Å². The highest BCUT2D eigenvalue weighted by molar-refractivity contribution is 5.93. The molecule has 0 aliphatic carbocycles. The van der Waals surface area contributed by atoms with Gasteiger partial charge in [-0.1, -0.05) is 60.7 Å². The molecule has 1 fully saturated rings. The molecule has 23 heavy (non-hydrogen) atoms. The fourth-order valence-corrected chi connectivity index (χ4v) is 2.82. The van der Waals surface area contributed by atoms with Crippen molar-refractivity contribution in [3.8, 4) is 0 Å². The summed E-state index contributed by atoms with van der Waals surface area (Å²) in [4.78, 5) is 25.7. The maximum Gasteiger partial charge on any atom is 0.416 e. The minimum Gasteiger partial charge on any atom is -0.447 e. The van der Waals surface area contributed by atoms with E-state index in [4.69, 9.17) is 4.74 Å². The van der Waals surface area contributed by atoms with Gasteiger partial charge in [0.2, 0.25) is 5.91 Å². The normalized spacial score (nSPS) is 17.1. The van der Waals surface area contributed by atoms with Gasteiger partial charge in [-0.3, -0.25) is 4.79 Å². The average Bonchev–Trinajstić information content (AvgIpc) is 2.95. The molecule has 1 aliphatic heterocycles. The van der Waals surface area contributed by atoms with Gasteiger partial charge in [-0.25, -0.2) is 9.69 Å². The smallest absolute Gasteiger partial charge is 0.416 e. The maximum atomic E-state index is 12.5. The molecule has 2 aromatic rings. The van der Waals surface area contributed by atoms with Crippen LogP contribution in [0, 0.1) is 0 Å². The number of amides is 2. The van der Waals surface area contributed by atoms with Crippen LogP contribution in [-0.2, 0) is 22.4 Å². The lowest BCUT2D eigenvalue weighted by molar-refractivity contribution is -0.129. The average molecular weight is 309 g/mol. The lowest BCUT2D eigenvalue weighted by Crippen LogP contribution is -2.40. The second-order valence-electron chi connectivity index (χ2n) is 5.67. The highest BCUT2D eigenvalue weighted by atomic mass is 16.6. The van der Waals surface area contributed by atoms with Crippen LogP contribution < -0.4 is 0 Å². The van der Waals surface area contributed by atoms with E-state index in [1.54, 1.807) is 0 Å². The third-order valence-corrected chi connectivity index (χ3v) is 4.01. The molecule has 0 aromatic heterocycles. The summed E-state index contributed by atoms with van der Waals surface area (Å²) in [6.45, 7) is 0.269. The van der Waals surface area contributed by atoms with E-state index in [9.17, 15) is 9.59 Å². The van der Waals surface area contributed by atoms with Crippen LogP contribution >= 0.6 is 0 Å². The number of carbonyl (C=O) groups is 2. The molecule has 0 N–H and O–H groups in total. The van der Waals surface area contributed by atoms with Crippen LogP contribution in [0.4, 0.5) is 4.79 Å². The highest BCUT2D eigenvalue weighted by Gasteiger charge is 2.37. The molecule has 2 aromatic carbocycles. The number of carbonyl (C=O) groups excluding carboxylic acids is 2. The summed E-state index contributed by atoms with van der Waals surface area (Å²) in [6.07, 6.45) is 1.04. The van der Waals surface area contributed by atoms with Crippen molar-refractivity contribution in [1.29, 1.82) is 0 Å². The van der Waals surface area contributed by atoms with Gasteiger partial charge in [-0.05, 0) is 24.0 Å². The Morgan fingerprint density at radius 2 is 1.61 bits per heavy atom. The van der Waals surface area contributed by atoms with E-state index in [2.05, 4.69) is 0 Å². The van der Waals surface area contributed by atoms with Crippen LogP contribution in [0.25, 0.3) is 0 Å². The number of hydrogen-bond donors (Lipinski definition) is 0. The SMILES string of the molecule is O=C(CCc1ccccc1)N1C(=O)OCC1Cc1ccccc1. The standard InChI is InChI=1S/C19H19NO3/c21-18(12-11-15-7-3-1-4-8-15)20-17(14-23-19(20)22)13-16-9-5-2-6-10-16/h1-10,17H,11-14H2. The minimum atomic E-state index is -0.524. The first-order valence-corrected chi connectivity index (χ1v) is 7.80. The van der Waals surface area contributed by atoms with E-state index < -0.39 is 6.09 Å². The summed E-state index contributed by atoms with van der Waals surface area (Å²) in [5, 5.41) is 0. The first kappa shape index (κ1) is 15.3. The first-order valence-electron chi connectivity index (χ1n) is 7.80. The summed E-state index contributed by atoms with van der Waals surface area (Å²) in [5.74, 6) is -0.169. The topological polar surface area (TPSA) is 46.6 Å². The van der Waals surface area contributed by atoms with Gasteiger partial charge in [0.25, 0.3) is 0 Å². The summed E-state index contributed by atoms with van der Waals surface area (Å²) >= 11 is 0. The Morgan fingerprint density at radius 3 is 2.26 bits per heavy atom. The number of benzene rings is 2. The molecule has 1 heterocycles. The third kappa shape index (κ3) is 3.77. The lowest BCUT2D eigenvalue weighted by Gasteiger charge is -2.19. The Balaban J connectivity index is 1.63. The molecule has 1 saturated heterocycles. The van der Waals surface area contributed by atoms with Gasteiger partial charge in [0.1, 0.15) is 6.61 Å². The fourth-order valence-electron chi connectivity index (χ4n) is 2.82. The number of rotatable bonds is 5. The molecule has 1 unspecified atom stereocenters. The van der Waals surface area contributed by atoms with E-state index in [1.807, 2.05) is 60.7 Å². The fraction of sp³-hybridized carbons (Fsp3) is 0.263. The Hall–Kier alpha value is -2.62. The zero-order chi connectivity index (χ0) is 16.1. The Bertz CT molecular complexity index is 670. The van der Waals surface area contributed by atoms with Gasteiger partial charge in [0, 0.05) is 6.42 Å². The van der Waals surface area contributed by atoms with Crippen molar-refractivity contribution < 1.29 is 14.3 Å². The molecule has 3 rings (SSSR count). The molecule has 4 nitrogen and oxygen atoms in total. The molecule has 0 saturated carbocycles. The van der Waals surface area contributed by atoms with Crippen LogP contribution in [0.5, 0.6) is 0 Å². The number of hydrogen-bond acceptors (Lipinski definition) is 3. The Kier molecular flexibility index (Phi) is 4.71.